The first-order valence-electron chi connectivity index (χ1n) is 7.92. The molecule has 0 radical (unpaired) electrons. The topological polar surface area (TPSA) is 26.7 Å². The average Bonchev–Trinajstić information content (AvgIpc) is 2.79. The van der Waals surface area contributed by atoms with Crippen molar-refractivity contribution in [1.29, 1.82) is 0 Å². The van der Waals surface area contributed by atoms with Crippen molar-refractivity contribution in [3.63, 3.8) is 0 Å². The van der Waals surface area contributed by atoms with E-state index in [2.05, 4.69) is 47.1 Å². The van der Waals surface area contributed by atoms with Gasteiger partial charge in [-0.25, -0.2) is 0 Å². The molecule has 0 aromatic heterocycles. The van der Waals surface area contributed by atoms with Crippen LogP contribution in [0.4, 0.5) is 0 Å². The van der Waals surface area contributed by atoms with E-state index in [4.69, 9.17) is 0 Å². The smallest absolute Gasteiger partial charge is 0.0682 e. The second kappa shape index (κ2) is 6.25. The quantitative estimate of drug-likeness (QED) is 0.906. The highest BCUT2D eigenvalue weighted by atomic mass is 16.3. The summed E-state index contributed by atoms with van der Waals surface area (Å²) in [5.74, 6) is 0. The maximum Gasteiger partial charge on any atom is 0.0682 e. The molecule has 3 rings (SSSR count). The van der Waals surface area contributed by atoms with Crippen LogP contribution in [0.5, 0.6) is 0 Å². The Morgan fingerprint density at radius 3 is 2.75 bits per heavy atom. The van der Waals surface area contributed by atoms with Crippen LogP contribution in [0.15, 0.2) is 30.3 Å². The van der Waals surface area contributed by atoms with Crippen LogP contribution in [0, 0.1) is 0 Å². The van der Waals surface area contributed by atoms with Gasteiger partial charge < -0.3 is 5.11 Å². The van der Waals surface area contributed by atoms with Crippen molar-refractivity contribution in [1.82, 2.24) is 9.80 Å². The van der Waals surface area contributed by atoms with Crippen molar-refractivity contribution in [3.05, 3.63) is 35.9 Å². The van der Waals surface area contributed by atoms with Crippen LogP contribution in [0.2, 0.25) is 0 Å². The van der Waals surface area contributed by atoms with E-state index in [1.165, 1.54) is 24.9 Å². The predicted octanol–water partition coefficient (Wildman–Crippen LogP) is 1.76. The molecule has 2 fully saturated rings. The Morgan fingerprint density at radius 1 is 1.15 bits per heavy atom. The number of hydrogen-bond acceptors (Lipinski definition) is 3. The third kappa shape index (κ3) is 3.22. The van der Waals surface area contributed by atoms with Crippen molar-refractivity contribution in [2.24, 2.45) is 0 Å². The van der Waals surface area contributed by atoms with Gasteiger partial charge in [0.2, 0.25) is 0 Å². The van der Waals surface area contributed by atoms with Gasteiger partial charge in [0.15, 0.2) is 0 Å². The van der Waals surface area contributed by atoms with E-state index < -0.39 is 0 Å². The van der Waals surface area contributed by atoms with Crippen molar-refractivity contribution >= 4 is 0 Å². The van der Waals surface area contributed by atoms with Gasteiger partial charge >= 0.3 is 0 Å². The fourth-order valence-corrected chi connectivity index (χ4v) is 3.72. The Hall–Kier alpha value is -0.900. The Balaban J connectivity index is 1.48. The number of nitrogens with zero attached hydrogens (tertiary/aromatic N) is 2. The standard InChI is InChI=1S/C17H26N2O/c1-14-11-19-13-17(20)10-16(19)12-18(14)9-5-8-15-6-3-2-4-7-15/h2-4,6-7,14,16-17,20H,5,8-13H2,1H3/t14-,16-,17-/m1/s1. The van der Waals surface area contributed by atoms with Crippen molar-refractivity contribution in [3.8, 4) is 0 Å². The minimum absolute atomic E-state index is 0.100. The zero-order valence-corrected chi connectivity index (χ0v) is 12.4. The normalized spacial score (nSPS) is 31.4. The van der Waals surface area contributed by atoms with E-state index in [-0.39, 0.29) is 6.10 Å². The molecule has 2 saturated heterocycles. The summed E-state index contributed by atoms with van der Waals surface area (Å²) in [5, 5.41) is 9.80. The molecule has 1 aromatic rings. The van der Waals surface area contributed by atoms with Gasteiger partial charge in [-0.2, -0.15) is 0 Å². The van der Waals surface area contributed by atoms with Crippen LogP contribution in [0.1, 0.15) is 25.3 Å². The first-order chi connectivity index (χ1) is 9.72. The average molecular weight is 274 g/mol. The minimum atomic E-state index is -0.100. The minimum Gasteiger partial charge on any atom is -0.392 e. The summed E-state index contributed by atoms with van der Waals surface area (Å²) in [4.78, 5) is 5.09. The Morgan fingerprint density at radius 2 is 1.95 bits per heavy atom. The number of aliphatic hydroxyl groups excluding tert-OH is 1. The molecule has 0 unspecified atom stereocenters. The van der Waals surface area contributed by atoms with E-state index in [1.54, 1.807) is 0 Å². The molecule has 0 spiro atoms. The molecular formula is C17H26N2O. The maximum atomic E-state index is 9.80. The summed E-state index contributed by atoms with van der Waals surface area (Å²) in [7, 11) is 0. The number of benzene rings is 1. The molecule has 2 aliphatic heterocycles. The largest absolute Gasteiger partial charge is 0.392 e. The van der Waals surface area contributed by atoms with Crippen LogP contribution < -0.4 is 0 Å². The molecule has 2 heterocycles. The third-order valence-electron chi connectivity index (χ3n) is 4.83. The van der Waals surface area contributed by atoms with Crippen LogP contribution in [0.25, 0.3) is 0 Å². The molecule has 3 heteroatoms. The van der Waals surface area contributed by atoms with Crippen LogP contribution in [-0.4, -0.2) is 59.3 Å². The monoisotopic (exact) mass is 274 g/mol. The van der Waals surface area contributed by atoms with E-state index in [0.717, 1.165) is 26.1 Å². The summed E-state index contributed by atoms with van der Waals surface area (Å²) >= 11 is 0. The third-order valence-corrected chi connectivity index (χ3v) is 4.83. The highest BCUT2D eigenvalue weighted by Gasteiger charge is 2.37. The highest BCUT2D eigenvalue weighted by molar-refractivity contribution is 5.14. The van der Waals surface area contributed by atoms with Gasteiger partial charge in [0.25, 0.3) is 0 Å². The molecule has 0 bridgehead atoms. The summed E-state index contributed by atoms with van der Waals surface area (Å²) in [6, 6.07) is 12.0. The van der Waals surface area contributed by atoms with Crippen LogP contribution in [-0.2, 0) is 6.42 Å². The van der Waals surface area contributed by atoms with Crippen molar-refractivity contribution in [2.45, 2.75) is 44.4 Å². The lowest BCUT2D eigenvalue weighted by Gasteiger charge is -2.42. The summed E-state index contributed by atoms with van der Waals surface area (Å²) in [5.41, 5.74) is 1.44. The van der Waals surface area contributed by atoms with Gasteiger partial charge in [-0.1, -0.05) is 30.3 Å². The molecule has 1 aromatic carbocycles. The number of piperazine rings is 1. The van der Waals surface area contributed by atoms with Crippen molar-refractivity contribution in [2.75, 3.05) is 26.2 Å². The molecule has 110 valence electrons. The van der Waals surface area contributed by atoms with E-state index in [9.17, 15) is 5.11 Å². The number of hydrogen-bond donors (Lipinski definition) is 1. The molecule has 0 aliphatic carbocycles. The molecule has 0 saturated carbocycles. The van der Waals surface area contributed by atoms with Crippen molar-refractivity contribution < 1.29 is 5.11 Å². The Labute approximate surface area is 122 Å². The van der Waals surface area contributed by atoms with Crippen LogP contribution in [0.3, 0.4) is 0 Å². The molecule has 2 aliphatic rings. The molecule has 1 N–H and O–H groups in total. The van der Waals surface area contributed by atoms with Gasteiger partial charge in [0, 0.05) is 31.7 Å². The molecule has 0 amide bonds. The lowest BCUT2D eigenvalue weighted by atomic mass is 10.1. The zero-order valence-electron chi connectivity index (χ0n) is 12.4. The maximum absolute atomic E-state index is 9.80. The summed E-state index contributed by atoms with van der Waals surface area (Å²) in [6.07, 6.45) is 3.25. The molecule has 20 heavy (non-hydrogen) atoms. The van der Waals surface area contributed by atoms with E-state index in [0.29, 0.717) is 12.1 Å². The van der Waals surface area contributed by atoms with Crippen LogP contribution >= 0.6 is 0 Å². The molecular weight excluding hydrogens is 248 g/mol. The SMILES string of the molecule is C[C@@H]1CN2C[C@H](O)C[C@@H]2CN1CCCc1ccccc1. The van der Waals surface area contributed by atoms with Gasteiger partial charge in [-0.05, 0) is 38.3 Å². The van der Waals surface area contributed by atoms with Gasteiger partial charge in [-0.15, -0.1) is 0 Å². The zero-order chi connectivity index (χ0) is 13.9. The first kappa shape index (κ1) is 14.1. The lowest BCUT2D eigenvalue weighted by molar-refractivity contribution is 0.0576. The Kier molecular flexibility index (Phi) is 4.39. The number of fused-ring (bicyclic) bond motifs is 1. The number of rotatable bonds is 4. The molecule has 3 nitrogen and oxygen atoms in total. The lowest BCUT2D eigenvalue weighted by Crippen LogP contribution is -2.55. The second-order valence-corrected chi connectivity index (χ2v) is 6.43. The fraction of sp³-hybridized carbons (Fsp3) is 0.647. The van der Waals surface area contributed by atoms with Gasteiger partial charge in [0.05, 0.1) is 6.10 Å². The predicted molar refractivity (Wildman–Crippen MR) is 81.8 cm³/mol. The van der Waals surface area contributed by atoms with Gasteiger partial charge in [-0.3, -0.25) is 9.80 Å². The van der Waals surface area contributed by atoms with Gasteiger partial charge in [0.1, 0.15) is 0 Å². The fourth-order valence-electron chi connectivity index (χ4n) is 3.72. The number of aliphatic hydroxyl groups is 1. The van der Waals surface area contributed by atoms with E-state index >= 15 is 0 Å². The van der Waals surface area contributed by atoms with E-state index in [1.807, 2.05) is 0 Å². The molecule has 3 atom stereocenters. The number of aryl methyl sites for hydroxylation is 1. The summed E-state index contributed by atoms with van der Waals surface area (Å²) in [6.45, 7) is 6.63. The summed E-state index contributed by atoms with van der Waals surface area (Å²) < 4.78 is 0. The first-order valence-corrected chi connectivity index (χ1v) is 7.92. The second-order valence-electron chi connectivity index (χ2n) is 6.43. The Bertz CT molecular complexity index is 422. The highest BCUT2D eigenvalue weighted by Crippen LogP contribution is 2.25.